The highest BCUT2D eigenvalue weighted by Crippen LogP contribution is 2.22. The van der Waals surface area contributed by atoms with Gasteiger partial charge < -0.3 is 15.8 Å². The summed E-state index contributed by atoms with van der Waals surface area (Å²) >= 11 is 0. The summed E-state index contributed by atoms with van der Waals surface area (Å²) in [5, 5.41) is 7.37. The minimum absolute atomic E-state index is 0.328. The molecular weight excluding hydrogens is 220 g/mol. The Hall–Kier alpha value is -1.72. The number of rotatable bonds is 6. The molecule has 1 heterocycles. The van der Waals surface area contributed by atoms with E-state index in [-0.39, 0.29) is 0 Å². The van der Waals surface area contributed by atoms with Crippen molar-refractivity contribution in [1.82, 2.24) is 9.78 Å². The van der Waals surface area contributed by atoms with Gasteiger partial charge in [-0.2, -0.15) is 5.10 Å². The molecule has 6 heteroatoms. The van der Waals surface area contributed by atoms with Crippen molar-refractivity contribution in [3.8, 4) is 0 Å². The normalized spacial score (nSPS) is 10.3. The standard InChI is InChI=1S/C11H20N4O2/c1-4-6-13-10-8(11(16)17-3)9(12)15(14-10)7-5-2/h4-7,12H2,1-3H3,(H,13,14). The van der Waals surface area contributed by atoms with Gasteiger partial charge in [0.15, 0.2) is 5.82 Å². The first kappa shape index (κ1) is 13.3. The molecule has 0 spiro atoms. The molecule has 0 aliphatic heterocycles. The Morgan fingerprint density at radius 1 is 1.47 bits per heavy atom. The summed E-state index contributed by atoms with van der Waals surface area (Å²) in [6, 6.07) is 0. The number of nitrogens with one attached hydrogen (secondary N) is 1. The van der Waals surface area contributed by atoms with E-state index in [2.05, 4.69) is 10.4 Å². The van der Waals surface area contributed by atoms with Crippen LogP contribution in [0.3, 0.4) is 0 Å². The largest absolute Gasteiger partial charge is 0.465 e. The Bertz CT molecular complexity index is 387. The van der Waals surface area contributed by atoms with Gasteiger partial charge in [0.1, 0.15) is 11.4 Å². The molecule has 0 amide bonds. The Labute approximate surface area is 101 Å². The molecule has 96 valence electrons. The van der Waals surface area contributed by atoms with Gasteiger partial charge in [0.25, 0.3) is 0 Å². The predicted molar refractivity (Wildman–Crippen MR) is 67.1 cm³/mol. The fourth-order valence-electron chi connectivity index (χ4n) is 1.53. The lowest BCUT2D eigenvalue weighted by Crippen LogP contribution is -2.09. The molecule has 0 atom stereocenters. The van der Waals surface area contributed by atoms with Gasteiger partial charge in [-0.05, 0) is 12.8 Å². The van der Waals surface area contributed by atoms with E-state index >= 15 is 0 Å². The van der Waals surface area contributed by atoms with Crippen LogP contribution in [0, 0.1) is 0 Å². The van der Waals surface area contributed by atoms with E-state index in [1.807, 2.05) is 13.8 Å². The predicted octanol–water partition coefficient (Wildman–Crippen LogP) is 1.48. The van der Waals surface area contributed by atoms with Gasteiger partial charge in [0.2, 0.25) is 0 Å². The van der Waals surface area contributed by atoms with Crippen molar-refractivity contribution in [2.24, 2.45) is 0 Å². The van der Waals surface area contributed by atoms with E-state index in [1.54, 1.807) is 4.68 Å². The van der Waals surface area contributed by atoms with Gasteiger partial charge in [-0.25, -0.2) is 9.48 Å². The number of aromatic nitrogens is 2. The number of hydrogen-bond acceptors (Lipinski definition) is 5. The maximum Gasteiger partial charge on any atom is 0.345 e. The number of hydrogen-bond donors (Lipinski definition) is 2. The lowest BCUT2D eigenvalue weighted by atomic mass is 10.3. The molecule has 17 heavy (non-hydrogen) atoms. The minimum Gasteiger partial charge on any atom is -0.465 e. The molecule has 0 saturated carbocycles. The monoisotopic (exact) mass is 240 g/mol. The van der Waals surface area contributed by atoms with Gasteiger partial charge in [0, 0.05) is 13.1 Å². The van der Waals surface area contributed by atoms with E-state index in [0.29, 0.717) is 23.7 Å². The van der Waals surface area contributed by atoms with Crippen LogP contribution < -0.4 is 11.1 Å². The third kappa shape index (κ3) is 2.89. The highest BCUT2D eigenvalue weighted by Gasteiger charge is 2.22. The lowest BCUT2D eigenvalue weighted by molar-refractivity contribution is 0.0603. The maximum absolute atomic E-state index is 11.6. The third-order valence-corrected chi connectivity index (χ3v) is 2.36. The Kier molecular flexibility index (Phi) is 4.81. The molecule has 1 rings (SSSR count). The average Bonchev–Trinajstić information content (AvgIpc) is 2.63. The van der Waals surface area contributed by atoms with Gasteiger partial charge >= 0.3 is 5.97 Å². The Morgan fingerprint density at radius 3 is 2.71 bits per heavy atom. The lowest BCUT2D eigenvalue weighted by Gasteiger charge is -2.03. The van der Waals surface area contributed by atoms with Gasteiger partial charge in [-0.3, -0.25) is 0 Å². The van der Waals surface area contributed by atoms with Crippen molar-refractivity contribution in [2.75, 3.05) is 24.7 Å². The molecule has 3 N–H and O–H groups in total. The molecule has 0 unspecified atom stereocenters. The minimum atomic E-state index is -0.455. The Morgan fingerprint density at radius 2 is 2.18 bits per heavy atom. The Balaban J connectivity index is 3.07. The molecular formula is C11H20N4O2. The third-order valence-electron chi connectivity index (χ3n) is 2.36. The number of nitrogen functional groups attached to an aromatic ring is 1. The first-order valence-corrected chi connectivity index (χ1v) is 5.84. The van der Waals surface area contributed by atoms with Crippen LogP contribution in [0.4, 0.5) is 11.6 Å². The van der Waals surface area contributed by atoms with Crippen molar-refractivity contribution in [3.05, 3.63) is 5.56 Å². The van der Waals surface area contributed by atoms with Crippen LogP contribution in [0.15, 0.2) is 0 Å². The molecule has 1 aromatic heterocycles. The number of aryl methyl sites for hydroxylation is 1. The van der Waals surface area contributed by atoms with Crippen LogP contribution in [0.1, 0.15) is 37.0 Å². The van der Waals surface area contributed by atoms with E-state index < -0.39 is 5.97 Å². The molecule has 0 aliphatic carbocycles. The van der Waals surface area contributed by atoms with Crippen molar-refractivity contribution < 1.29 is 9.53 Å². The van der Waals surface area contributed by atoms with Crippen LogP contribution in [0.5, 0.6) is 0 Å². The summed E-state index contributed by atoms with van der Waals surface area (Å²) in [4.78, 5) is 11.6. The molecule has 0 aromatic carbocycles. The molecule has 6 nitrogen and oxygen atoms in total. The van der Waals surface area contributed by atoms with Crippen LogP contribution >= 0.6 is 0 Å². The molecule has 1 aromatic rings. The smallest absolute Gasteiger partial charge is 0.345 e. The molecule has 0 radical (unpaired) electrons. The molecule has 0 bridgehead atoms. The van der Waals surface area contributed by atoms with Crippen LogP contribution in [0.2, 0.25) is 0 Å². The summed E-state index contributed by atoms with van der Waals surface area (Å²) in [5.41, 5.74) is 6.23. The number of nitrogens with two attached hydrogens (primary N) is 1. The van der Waals surface area contributed by atoms with Crippen molar-refractivity contribution >= 4 is 17.6 Å². The number of esters is 1. The van der Waals surface area contributed by atoms with Crippen molar-refractivity contribution in [1.29, 1.82) is 0 Å². The number of nitrogens with zero attached hydrogens (tertiary/aromatic N) is 2. The van der Waals surface area contributed by atoms with Crippen molar-refractivity contribution in [3.63, 3.8) is 0 Å². The first-order chi connectivity index (χ1) is 8.15. The second-order valence-corrected chi connectivity index (χ2v) is 3.75. The number of carbonyl (C=O) groups is 1. The second-order valence-electron chi connectivity index (χ2n) is 3.75. The van der Waals surface area contributed by atoms with E-state index in [9.17, 15) is 4.79 Å². The number of methoxy groups -OCH3 is 1. The maximum atomic E-state index is 11.6. The van der Waals surface area contributed by atoms with E-state index in [1.165, 1.54) is 7.11 Å². The molecule has 0 fully saturated rings. The molecule has 0 aliphatic rings. The zero-order chi connectivity index (χ0) is 12.8. The highest BCUT2D eigenvalue weighted by molar-refractivity contribution is 5.99. The van der Waals surface area contributed by atoms with Crippen molar-refractivity contribution in [2.45, 2.75) is 33.2 Å². The molecule has 0 saturated heterocycles. The summed E-state index contributed by atoms with van der Waals surface area (Å²) in [6.45, 7) is 5.49. The van der Waals surface area contributed by atoms with Gasteiger partial charge in [0.05, 0.1) is 7.11 Å². The average molecular weight is 240 g/mol. The topological polar surface area (TPSA) is 82.2 Å². The number of ether oxygens (including phenoxy) is 1. The fourth-order valence-corrected chi connectivity index (χ4v) is 1.53. The SMILES string of the molecule is CCCNc1nn(CCC)c(N)c1C(=O)OC. The fraction of sp³-hybridized carbons (Fsp3) is 0.636. The number of carbonyl (C=O) groups excluding carboxylic acids is 1. The van der Waals surface area contributed by atoms with Gasteiger partial charge in [-0.15, -0.1) is 0 Å². The summed E-state index contributed by atoms with van der Waals surface area (Å²) in [7, 11) is 1.34. The highest BCUT2D eigenvalue weighted by atomic mass is 16.5. The number of anilines is 2. The van der Waals surface area contributed by atoms with E-state index in [4.69, 9.17) is 10.5 Å². The first-order valence-electron chi connectivity index (χ1n) is 5.84. The summed E-state index contributed by atoms with van der Waals surface area (Å²) in [5.74, 6) is 0.408. The van der Waals surface area contributed by atoms with Crippen LogP contribution in [0.25, 0.3) is 0 Å². The van der Waals surface area contributed by atoms with Crippen LogP contribution in [-0.4, -0.2) is 29.4 Å². The van der Waals surface area contributed by atoms with Gasteiger partial charge in [-0.1, -0.05) is 13.8 Å². The second kappa shape index (κ2) is 6.12. The van der Waals surface area contributed by atoms with E-state index in [0.717, 1.165) is 19.4 Å². The quantitative estimate of drug-likeness (QED) is 0.736. The van der Waals surface area contributed by atoms with Crippen LogP contribution in [-0.2, 0) is 11.3 Å². The summed E-state index contributed by atoms with van der Waals surface area (Å²) < 4.78 is 6.35. The summed E-state index contributed by atoms with van der Waals surface area (Å²) in [6.07, 6.45) is 1.85. The zero-order valence-corrected chi connectivity index (χ0v) is 10.6. The zero-order valence-electron chi connectivity index (χ0n) is 10.6.